The van der Waals surface area contributed by atoms with E-state index >= 15 is 0 Å². The predicted octanol–water partition coefficient (Wildman–Crippen LogP) is -1.39. The first kappa shape index (κ1) is 17.4. The van der Waals surface area contributed by atoms with Crippen molar-refractivity contribution in [3.05, 3.63) is 27.2 Å². The number of hydrogen-bond acceptors (Lipinski definition) is 4. The van der Waals surface area contributed by atoms with Crippen molar-refractivity contribution < 1.29 is 9.68 Å². The molecule has 1 fully saturated rings. The lowest BCUT2D eigenvalue weighted by molar-refractivity contribution is -0.534. The third-order valence-electron chi connectivity index (χ3n) is 4.64. The summed E-state index contributed by atoms with van der Waals surface area (Å²) < 4.78 is 6.20. The number of fused-ring (bicyclic) bond motifs is 1. The molecule has 1 aliphatic rings. The van der Waals surface area contributed by atoms with Gasteiger partial charge in [-0.15, -0.1) is 0 Å². The van der Waals surface area contributed by atoms with Gasteiger partial charge in [0.1, 0.15) is 12.6 Å². The number of aliphatic hydroxyl groups excluding tert-OH is 1. The Hall–Kier alpha value is -2.42. The molecule has 1 atom stereocenters. The van der Waals surface area contributed by atoms with Crippen LogP contribution < -0.4 is 16.6 Å². The molecule has 136 valence electrons. The van der Waals surface area contributed by atoms with Crippen molar-refractivity contribution in [2.45, 2.75) is 31.9 Å². The summed E-state index contributed by atoms with van der Waals surface area (Å²) in [6.45, 7) is 2.69. The highest BCUT2D eigenvalue weighted by molar-refractivity contribution is 5.69. The lowest BCUT2D eigenvalue weighted by atomic mass is 10.2. The van der Waals surface area contributed by atoms with Crippen LogP contribution in [0.4, 0.5) is 0 Å². The van der Waals surface area contributed by atoms with Crippen molar-refractivity contribution in [3.8, 4) is 0 Å². The number of aromatic nitrogens is 4. The molecule has 9 heteroatoms. The van der Waals surface area contributed by atoms with Crippen LogP contribution in [0.3, 0.4) is 0 Å². The molecule has 0 spiro atoms. The van der Waals surface area contributed by atoms with Gasteiger partial charge in [0.05, 0.1) is 26.0 Å². The van der Waals surface area contributed by atoms with Crippen LogP contribution >= 0.6 is 0 Å². The highest BCUT2D eigenvalue weighted by Crippen LogP contribution is 2.06. The molecule has 0 saturated carbocycles. The fourth-order valence-corrected chi connectivity index (χ4v) is 3.19. The average molecular weight is 349 g/mol. The molecule has 0 unspecified atom stereocenters. The van der Waals surface area contributed by atoms with Gasteiger partial charge in [-0.2, -0.15) is 0 Å². The van der Waals surface area contributed by atoms with Gasteiger partial charge in [-0.1, -0.05) is 0 Å². The molecule has 25 heavy (non-hydrogen) atoms. The summed E-state index contributed by atoms with van der Waals surface area (Å²) in [5, 5.41) is 13.4. The van der Waals surface area contributed by atoms with Crippen molar-refractivity contribution >= 4 is 17.5 Å². The standard InChI is InChI=1S/C16H24N6O3/c1-19-14-13(15(24)20(2)16(19)25)22(11-18-14)9-12(23)8-17-10-21-6-4-3-5-7-21/h10-12,23H,3-9H2,1-2H3/p+1/t12-/m0/s1. The Morgan fingerprint density at radius 1 is 1.28 bits per heavy atom. The summed E-state index contributed by atoms with van der Waals surface area (Å²) >= 11 is 0. The Bertz CT molecular complexity index is 899. The minimum Gasteiger partial charge on any atom is -0.387 e. The molecule has 0 amide bonds. The van der Waals surface area contributed by atoms with E-state index in [1.165, 1.54) is 37.2 Å². The molecule has 2 N–H and O–H groups in total. The molecule has 0 aromatic carbocycles. The molecule has 9 nitrogen and oxygen atoms in total. The first-order valence-electron chi connectivity index (χ1n) is 8.58. The van der Waals surface area contributed by atoms with E-state index in [2.05, 4.69) is 14.9 Å². The van der Waals surface area contributed by atoms with Crippen molar-refractivity contribution in [1.82, 2.24) is 24.0 Å². The van der Waals surface area contributed by atoms with Gasteiger partial charge in [0.15, 0.2) is 11.2 Å². The topological polar surface area (TPSA) is 97.1 Å². The van der Waals surface area contributed by atoms with Gasteiger partial charge >= 0.3 is 5.69 Å². The monoisotopic (exact) mass is 349 g/mol. The van der Waals surface area contributed by atoms with Crippen LogP contribution in [-0.2, 0) is 20.6 Å². The normalized spacial score (nSPS) is 16.2. The van der Waals surface area contributed by atoms with Gasteiger partial charge < -0.3 is 9.67 Å². The Labute approximate surface area is 144 Å². The van der Waals surface area contributed by atoms with Gasteiger partial charge in [0.2, 0.25) is 6.34 Å². The van der Waals surface area contributed by atoms with Gasteiger partial charge in [0.25, 0.3) is 5.56 Å². The molecule has 3 heterocycles. The molecule has 2 aromatic heterocycles. The Morgan fingerprint density at radius 3 is 2.72 bits per heavy atom. The Morgan fingerprint density at radius 2 is 2.00 bits per heavy atom. The van der Waals surface area contributed by atoms with Crippen molar-refractivity contribution in [2.24, 2.45) is 14.1 Å². The predicted molar refractivity (Wildman–Crippen MR) is 94.1 cm³/mol. The van der Waals surface area contributed by atoms with E-state index in [4.69, 9.17) is 0 Å². The molecule has 1 saturated heterocycles. The fraction of sp³-hybridized carbons (Fsp3) is 0.625. The lowest BCUT2D eigenvalue weighted by Crippen LogP contribution is -2.38. The largest absolute Gasteiger partial charge is 0.387 e. The SMILES string of the molecule is Cn1c(=O)c2c(ncn2C[C@@H](O)CNC=[N+]2CCCCC2)n(C)c1=O. The highest BCUT2D eigenvalue weighted by Gasteiger charge is 2.17. The van der Waals surface area contributed by atoms with Gasteiger partial charge in [-0.3, -0.25) is 23.8 Å². The molecule has 0 radical (unpaired) electrons. The van der Waals surface area contributed by atoms with E-state index in [1.807, 2.05) is 6.34 Å². The van der Waals surface area contributed by atoms with Crippen LogP contribution in [0.2, 0.25) is 0 Å². The van der Waals surface area contributed by atoms with Crippen LogP contribution in [0.25, 0.3) is 11.2 Å². The second-order valence-corrected chi connectivity index (χ2v) is 6.56. The first-order chi connectivity index (χ1) is 12.0. The number of imidazole rings is 1. The van der Waals surface area contributed by atoms with E-state index in [9.17, 15) is 14.7 Å². The maximum Gasteiger partial charge on any atom is 0.332 e. The quantitative estimate of drug-likeness (QED) is 0.512. The van der Waals surface area contributed by atoms with Crippen molar-refractivity contribution in [1.29, 1.82) is 0 Å². The zero-order valence-electron chi connectivity index (χ0n) is 14.7. The van der Waals surface area contributed by atoms with Crippen LogP contribution in [0.5, 0.6) is 0 Å². The third kappa shape index (κ3) is 3.51. The second-order valence-electron chi connectivity index (χ2n) is 6.56. The fourth-order valence-electron chi connectivity index (χ4n) is 3.19. The molecular formula is C16H25N6O3+. The summed E-state index contributed by atoms with van der Waals surface area (Å²) in [5.41, 5.74) is -0.173. The van der Waals surface area contributed by atoms with Crippen LogP contribution in [0.1, 0.15) is 19.3 Å². The van der Waals surface area contributed by atoms with Gasteiger partial charge in [-0.05, 0) is 19.3 Å². The van der Waals surface area contributed by atoms with E-state index in [0.29, 0.717) is 17.7 Å². The number of rotatable bonds is 5. The zero-order valence-corrected chi connectivity index (χ0v) is 14.7. The molecule has 3 rings (SSSR count). The Balaban J connectivity index is 1.72. The minimum absolute atomic E-state index is 0.227. The second kappa shape index (κ2) is 7.22. The van der Waals surface area contributed by atoms with Crippen molar-refractivity contribution in [2.75, 3.05) is 19.6 Å². The smallest absolute Gasteiger partial charge is 0.332 e. The molecule has 2 aromatic rings. The summed E-state index contributed by atoms with van der Waals surface area (Å²) in [4.78, 5) is 28.5. The number of nitrogens with one attached hydrogen (secondary N) is 1. The third-order valence-corrected chi connectivity index (χ3v) is 4.64. The molecule has 0 aliphatic carbocycles. The van der Waals surface area contributed by atoms with Crippen LogP contribution in [0.15, 0.2) is 15.9 Å². The maximum absolute atomic E-state index is 12.4. The summed E-state index contributed by atoms with van der Waals surface area (Å²) in [7, 11) is 3.01. The molecule has 1 aliphatic heterocycles. The number of piperidine rings is 1. The zero-order chi connectivity index (χ0) is 18.0. The average Bonchev–Trinajstić information content (AvgIpc) is 3.02. The first-order valence-corrected chi connectivity index (χ1v) is 8.58. The number of nitrogens with zero attached hydrogens (tertiary/aromatic N) is 5. The van der Waals surface area contributed by atoms with Crippen LogP contribution in [0, 0.1) is 0 Å². The van der Waals surface area contributed by atoms with E-state index in [1.54, 1.807) is 11.6 Å². The lowest BCUT2D eigenvalue weighted by Gasteiger charge is -2.13. The number of aryl methyl sites for hydroxylation is 1. The van der Waals surface area contributed by atoms with E-state index in [0.717, 1.165) is 17.7 Å². The minimum atomic E-state index is -0.680. The summed E-state index contributed by atoms with van der Waals surface area (Å²) in [6.07, 6.45) is 6.41. The van der Waals surface area contributed by atoms with Gasteiger partial charge in [-0.25, -0.2) is 9.78 Å². The maximum atomic E-state index is 12.4. The van der Waals surface area contributed by atoms with E-state index < -0.39 is 17.4 Å². The highest BCUT2D eigenvalue weighted by atomic mass is 16.3. The van der Waals surface area contributed by atoms with Crippen molar-refractivity contribution in [3.63, 3.8) is 0 Å². The molecule has 0 bridgehead atoms. The number of hydrogen-bond donors (Lipinski definition) is 2. The summed E-state index contributed by atoms with van der Waals surface area (Å²) in [6, 6.07) is 0. The molecular weight excluding hydrogens is 324 g/mol. The Kier molecular flexibility index (Phi) is 5.03. The summed E-state index contributed by atoms with van der Waals surface area (Å²) in [5.74, 6) is 0. The number of aliphatic hydroxyl groups is 1. The van der Waals surface area contributed by atoms with Crippen LogP contribution in [-0.4, -0.2) is 60.4 Å². The van der Waals surface area contributed by atoms with E-state index in [-0.39, 0.29) is 6.54 Å². The van der Waals surface area contributed by atoms with Gasteiger partial charge in [0, 0.05) is 14.1 Å².